The Morgan fingerprint density at radius 2 is 1.59 bits per heavy atom. The van der Waals surface area contributed by atoms with E-state index in [0.29, 0.717) is 42.6 Å². The first kappa shape index (κ1) is 37.4. The number of rotatable bonds is 13. The van der Waals surface area contributed by atoms with Gasteiger partial charge in [-0.1, -0.05) is 49.1 Å². The van der Waals surface area contributed by atoms with Crippen molar-refractivity contribution in [1.82, 2.24) is 35.3 Å². The second-order valence-electron chi connectivity index (χ2n) is 12.6. The molecule has 0 aliphatic heterocycles. The minimum Gasteiger partial charge on any atom is -0.489 e. The lowest BCUT2D eigenvalue weighted by molar-refractivity contribution is -0.206. The van der Waals surface area contributed by atoms with Crippen LogP contribution in [0, 0.1) is 23.5 Å². The normalized spacial score (nSPS) is 12.4. The van der Waals surface area contributed by atoms with Gasteiger partial charge in [0, 0.05) is 41.4 Å². The van der Waals surface area contributed by atoms with Crippen molar-refractivity contribution < 1.29 is 32.2 Å². The van der Waals surface area contributed by atoms with Crippen LogP contribution >= 0.6 is 0 Å². The molecule has 1 atom stereocenters. The molecule has 1 amide bonds. The van der Waals surface area contributed by atoms with Crippen LogP contribution in [-0.4, -0.2) is 41.0 Å². The van der Waals surface area contributed by atoms with Crippen molar-refractivity contribution in [2.45, 2.75) is 58.0 Å². The van der Waals surface area contributed by atoms with Gasteiger partial charge in [0.25, 0.3) is 0 Å². The van der Waals surface area contributed by atoms with E-state index in [2.05, 4.69) is 37.8 Å². The number of aliphatic hydroxyl groups is 1. The summed E-state index contributed by atoms with van der Waals surface area (Å²) >= 11 is 0. The summed E-state index contributed by atoms with van der Waals surface area (Å²) in [6, 6.07) is 23.1. The van der Waals surface area contributed by atoms with Crippen molar-refractivity contribution in [3.05, 3.63) is 160 Å². The molecule has 2 aromatic heterocycles. The number of carbonyl (C=O) groups excluding carboxylic acids is 1. The largest absolute Gasteiger partial charge is 0.489 e. The lowest BCUT2D eigenvalue weighted by Gasteiger charge is -2.37. The Morgan fingerprint density at radius 3 is 2.28 bits per heavy atom. The van der Waals surface area contributed by atoms with Gasteiger partial charge in [0.2, 0.25) is 5.91 Å². The Balaban J connectivity index is 1.11. The van der Waals surface area contributed by atoms with Crippen molar-refractivity contribution in [3.8, 4) is 17.6 Å². The minimum absolute atomic E-state index is 0.106. The number of ether oxygens (including phenoxy) is 1. The number of aromatic nitrogens is 6. The van der Waals surface area contributed by atoms with E-state index in [4.69, 9.17) is 4.74 Å². The van der Waals surface area contributed by atoms with Gasteiger partial charge in [0.1, 0.15) is 30.3 Å². The first-order valence-electron chi connectivity index (χ1n) is 16.9. The van der Waals surface area contributed by atoms with E-state index >= 15 is 8.78 Å². The quantitative estimate of drug-likeness (QED) is 0.109. The van der Waals surface area contributed by atoms with Crippen LogP contribution in [0.1, 0.15) is 58.5 Å². The molecule has 6 aromatic rings. The van der Waals surface area contributed by atoms with E-state index in [1.807, 2.05) is 41.2 Å². The van der Waals surface area contributed by atoms with Crippen LogP contribution in [0.25, 0.3) is 0 Å². The molecule has 2 heterocycles. The Kier molecular flexibility index (Phi) is 11.2. The molecule has 14 heteroatoms. The molecule has 0 aliphatic carbocycles. The van der Waals surface area contributed by atoms with Gasteiger partial charge in [0.15, 0.2) is 5.60 Å². The molecule has 2 N–H and O–H groups in total. The van der Waals surface area contributed by atoms with Crippen molar-refractivity contribution in [2.24, 2.45) is 0 Å². The highest BCUT2D eigenvalue weighted by Gasteiger charge is 2.57. The second kappa shape index (κ2) is 16.1. The number of nitrogens with one attached hydrogen (secondary N) is 1. The zero-order valence-electron chi connectivity index (χ0n) is 29.3. The molecule has 0 bridgehead atoms. The summed E-state index contributed by atoms with van der Waals surface area (Å²) in [5, 5.41) is 29.2. The molecule has 276 valence electrons. The average molecular weight is 738 g/mol. The fraction of sp³-hybridized carbons (Fsp3) is 0.225. The monoisotopic (exact) mass is 737 g/mol. The Hall–Kier alpha value is -6.33. The van der Waals surface area contributed by atoms with Crippen LogP contribution in [0.15, 0.2) is 104 Å². The molecular formula is C40H35F4N7O3. The fourth-order valence-electron chi connectivity index (χ4n) is 5.83. The fourth-order valence-corrected chi connectivity index (χ4v) is 5.83. The van der Waals surface area contributed by atoms with E-state index in [-0.39, 0.29) is 17.9 Å². The predicted octanol–water partition coefficient (Wildman–Crippen LogP) is 6.05. The summed E-state index contributed by atoms with van der Waals surface area (Å²) in [4.78, 5) is 11.1. The highest BCUT2D eigenvalue weighted by atomic mass is 19.3. The molecule has 54 heavy (non-hydrogen) atoms. The lowest BCUT2D eigenvalue weighted by Crippen LogP contribution is -2.48. The van der Waals surface area contributed by atoms with Gasteiger partial charge in [-0.15, -0.1) is 5.10 Å². The number of hydrogen-bond acceptors (Lipinski definition) is 7. The predicted molar refractivity (Wildman–Crippen MR) is 190 cm³/mol. The SMILES string of the molecule is CCc1cc(C#Cc2ccc(OCc3ccc(Cn4ccc(CNC(C)=O)n4)cc3)cc2)ccc1C(F)(F)C(O)(Cn1cnnn1)c1ccc(F)cc1F. The number of nitrogens with zero attached hydrogens (tertiary/aromatic N) is 6. The molecular weight excluding hydrogens is 702 g/mol. The summed E-state index contributed by atoms with van der Waals surface area (Å²) in [6.07, 6.45) is 3.03. The van der Waals surface area contributed by atoms with Gasteiger partial charge < -0.3 is 15.2 Å². The molecule has 0 saturated carbocycles. The van der Waals surface area contributed by atoms with Crippen molar-refractivity contribution in [3.63, 3.8) is 0 Å². The van der Waals surface area contributed by atoms with E-state index in [1.54, 1.807) is 31.2 Å². The smallest absolute Gasteiger partial charge is 0.307 e. The maximum absolute atomic E-state index is 16.5. The Bertz CT molecular complexity index is 2280. The number of alkyl halides is 2. The number of carbonyl (C=O) groups is 1. The molecule has 0 radical (unpaired) electrons. The van der Waals surface area contributed by atoms with Gasteiger partial charge >= 0.3 is 5.92 Å². The number of halogens is 4. The molecule has 0 fully saturated rings. The standard InChI is InChI=1S/C40H35F4N7O3/c1-3-32-20-29(12-16-36(32)40(43,44)39(53,25-51-26-46-48-49-51)37-17-13-33(41)21-38(37)42)5-4-28-10-14-35(15-11-28)54-24-31-8-6-30(7-9-31)23-50-19-18-34(47-50)22-45-27(2)52/h6-21,26,53H,3,22-25H2,1-2H3,(H,45,52). The van der Waals surface area contributed by atoms with Crippen LogP contribution in [0.5, 0.6) is 5.75 Å². The van der Waals surface area contributed by atoms with Crippen LogP contribution in [-0.2, 0) is 49.0 Å². The van der Waals surface area contributed by atoms with Gasteiger partial charge in [-0.3, -0.25) is 9.48 Å². The molecule has 4 aromatic carbocycles. The third kappa shape index (κ3) is 8.65. The molecule has 0 spiro atoms. The van der Waals surface area contributed by atoms with Gasteiger partial charge in [-0.25, -0.2) is 13.5 Å². The molecule has 0 aliphatic rings. The van der Waals surface area contributed by atoms with Crippen molar-refractivity contribution in [1.29, 1.82) is 0 Å². The number of amides is 1. The molecule has 0 saturated heterocycles. The average Bonchev–Trinajstić information content (AvgIpc) is 3.85. The van der Waals surface area contributed by atoms with E-state index in [0.717, 1.165) is 46.0 Å². The summed E-state index contributed by atoms with van der Waals surface area (Å²) in [5.74, 6) is 0.163. The van der Waals surface area contributed by atoms with Crippen molar-refractivity contribution in [2.75, 3.05) is 0 Å². The Morgan fingerprint density at radius 1 is 0.889 bits per heavy atom. The number of benzene rings is 4. The molecule has 1 unspecified atom stereocenters. The minimum atomic E-state index is -4.08. The maximum Gasteiger partial charge on any atom is 0.307 e. The van der Waals surface area contributed by atoms with Crippen molar-refractivity contribution >= 4 is 5.91 Å². The van der Waals surface area contributed by atoms with Crippen LogP contribution in [0.3, 0.4) is 0 Å². The van der Waals surface area contributed by atoms with Gasteiger partial charge in [0.05, 0.1) is 25.3 Å². The first-order chi connectivity index (χ1) is 25.9. The van der Waals surface area contributed by atoms with Gasteiger partial charge in [-0.2, -0.15) is 13.9 Å². The highest BCUT2D eigenvalue weighted by Crippen LogP contribution is 2.48. The Labute approximate surface area is 308 Å². The third-order valence-electron chi connectivity index (χ3n) is 8.70. The topological polar surface area (TPSA) is 120 Å². The maximum atomic E-state index is 16.5. The highest BCUT2D eigenvalue weighted by molar-refractivity contribution is 5.72. The number of hydrogen-bond donors (Lipinski definition) is 2. The van der Waals surface area contributed by atoms with E-state index < -0.39 is 40.8 Å². The molecule has 10 nitrogen and oxygen atoms in total. The lowest BCUT2D eigenvalue weighted by atomic mass is 9.80. The van der Waals surface area contributed by atoms with Crippen LogP contribution in [0.2, 0.25) is 0 Å². The number of aryl methyl sites for hydroxylation is 1. The summed E-state index contributed by atoms with van der Waals surface area (Å²) in [5.41, 5.74) is -0.423. The zero-order valence-corrected chi connectivity index (χ0v) is 29.3. The summed E-state index contributed by atoms with van der Waals surface area (Å²) in [7, 11) is 0. The zero-order chi connectivity index (χ0) is 38.3. The van der Waals surface area contributed by atoms with E-state index in [1.165, 1.54) is 19.1 Å². The summed E-state index contributed by atoms with van der Waals surface area (Å²) in [6.45, 7) is 3.55. The second-order valence-corrected chi connectivity index (χ2v) is 12.6. The van der Waals surface area contributed by atoms with Crippen LogP contribution in [0.4, 0.5) is 17.6 Å². The summed E-state index contributed by atoms with van der Waals surface area (Å²) < 4.78 is 70.3. The third-order valence-corrected chi connectivity index (χ3v) is 8.70. The van der Waals surface area contributed by atoms with Gasteiger partial charge in [-0.05, 0) is 88.1 Å². The van der Waals surface area contributed by atoms with E-state index in [9.17, 15) is 18.7 Å². The number of tetrazole rings is 1. The van der Waals surface area contributed by atoms with Crippen LogP contribution < -0.4 is 10.1 Å². The first-order valence-corrected chi connectivity index (χ1v) is 16.9. The molecule has 6 rings (SSSR count).